The number of aryl methyl sites for hydroxylation is 1. The summed E-state index contributed by atoms with van der Waals surface area (Å²) >= 11 is 1.42. The van der Waals surface area contributed by atoms with Gasteiger partial charge in [-0.25, -0.2) is 4.98 Å². The number of rotatable bonds is 2. The molecular weight excluding hydrogens is 236 g/mol. The quantitative estimate of drug-likeness (QED) is 0.824. The van der Waals surface area contributed by atoms with E-state index in [1.54, 1.807) is 0 Å². The molecule has 5 nitrogen and oxygen atoms in total. The molecule has 0 unspecified atom stereocenters. The largest absolute Gasteiger partial charge is 0.335 e. The highest BCUT2D eigenvalue weighted by atomic mass is 32.1. The molecule has 0 saturated carbocycles. The second-order valence-electron chi connectivity index (χ2n) is 4.32. The van der Waals surface area contributed by atoms with Crippen molar-refractivity contribution < 1.29 is 4.79 Å². The molecule has 2 N–H and O–H groups in total. The summed E-state index contributed by atoms with van der Waals surface area (Å²) in [4.78, 5) is 21.5. The van der Waals surface area contributed by atoms with E-state index in [-0.39, 0.29) is 5.91 Å². The van der Waals surface area contributed by atoms with Gasteiger partial charge in [0.25, 0.3) is 5.91 Å². The van der Waals surface area contributed by atoms with Crippen molar-refractivity contribution in [3.63, 3.8) is 0 Å². The molecule has 1 aliphatic heterocycles. The van der Waals surface area contributed by atoms with Gasteiger partial charge in [0, 0.05) is 32.7 Å². The van der Waals surface area contributed by atoms with Crippen LogP contribution in [0.25, 0.3) is 0 Å². The van der Waals surface area contributed by atoms with Gasteiger partial charge in [-0.3, -0.25) is 4.79 Å². The fourth-order valence-corrected chi connectivity index (χ4v) is 2.80. The number of carbonyl (C=O) groups is 1. The van der Waals surface area contributed by atoms with E-state index in [1.807, 2.05) is 11.8 Å². The molecule has 0 aliphatic carbocycles. The Kier molecular flexibility index (Phi) is 3.76. The van der Waals surface area contributed by atoms with Crippen LogP contribution in [-0.4, -0.2) is 53.9 Å². The van der Waals surface area contributed by atoms with Crippen LogP contribution in [0.3, 0.4) is 0 Å². The normalized spacial score (nSPS) is 17.5. The highest BCUT2D eigenvalue weighted by molar-refractivity contribution is 7.13. The molecule has 1 aromatic rings. The molecule has 1 amide bonds. The summed E-state index contributed by atoms with van der Waals surface area (Å²) < 4.78 is 0. The van der Waals surface area contributed by atoms with Crippen molar-refractivity contribution in [3.8, 4) is 0 Å². The second-order valence-corrected chi connectivity index (χ2v) is 5.41. The number of amides is 1. The third-order valence-corrected chi connectivity index (χ3v) is 4.17. The van der Waals surface area contributed by atoms with Crippen LogP contribution in [0.15, 0.2) is 0 Å². The van der Waals surface area contributed by atoms with Crippen LogP contribution >= 0.6 is 11.3 Å². The highest BCUT2D eigenvalue weighted by Crippen LogP contribution is 2.20. The Labute approximate surface area is 105 Å². The maximum atomic E-state index is 12.3. The number of piperazine rings is 1. The van der Waals surface area contributed by atoms with Crippen LogP contribution in [0.1, 0.15) is 20.4 Å². The van der Waals surface area contributed by atoms with Gasteiger partial charge >= 0.3 is 0 Å². The van der Waals surface area contributed by atoms with Gasteiger partial charge in [0.05, 0.1) is 5.69 Å². The van der Waals surface area contributed by atoms with E-state index in [2.05, 4.69) is 16.9 Å². The van der Waals surface area contributed by atoms with E-state index in [1.165, 1.54) is 11.3 Å². The lowest BCUT2D eigenvalue weighted by Gasteiger charge is -2.32. The molecule has 17 heavy (non-hydrogen) atoms. The Morgan fingerprint density at radius 2 is 2.06 bits per heavy atom. The van der Waals surface area contributed by atoms with Crippen LogP contribution in [-0.2, 0) is 6.54 Å². The molecule has 0 bridgehead atoms. The summed E-state index contributed by atoms with van der Waals surface area (Å²) in [6, 6.07) is 0. The zero-order valence-electron chi connectivity index (χ0n) is 10.3. The Bertz CT molecular complexity index is 410. The first-order chi connectivity index (χ1) is 8.11. The first kappa shape index (κ1) is 12.5. The number of hydrogen-bond donors (Lipinski definition) is 1. The fourth-order valence-electron chi connectivity index (χ4n) is 1.89. The van der Waals surface area contributed by atoms with E-state index in [0.29, 0.717) is 6.54 Å². The van der Waals surface area contributed by atoms with Crippen molar-refractivity contribution in [1.29, 1.82) is 0 Å². The topological polar surface area (TPSA) is 62.5 Å². The molecule has 6 heteroatoms. The van der Waals surface area contributed by atoms with Crippen LogP contribution in [0.2, 0.25) is 0 Å². The summed E-state index contributed by atoms with van der Waals surface area (Å²) in [7, 11) is 2.08. The Morgan fingerprint density at radius 3 is 2.59 bits per heavy atom. The highest BCUT2D eigenvalue weighted by Gasteiger charge is 2.23. The van der Waals surface area contributed by atoms with E-state index in [4.69, 9.17) is 5.73 Å². The number of aromatic nitrogens is 1. The van der Waals surface area contributed by atoms with Crippen molar-refractivity contribution in [2.24, 2.45) is 5.73 Å². The lowest BCUT2D eigenvalue weighted by Crippen LogP contribution is -2.47. The lowest BCUT2D eigenvalue weighted by atomic mass is 10.3. The molecule has 2 heterocycles. The molecule has 0 atom stereocenters. The summed E-state index contributed by atoms with van der Waals surface area (Å²) in [6.45, 7) is 5.75. The van der Waals surface area contributed by atoms with Crippen LogP contribution in [0, 0.1) is 6.92 Å². The average Bonchev–Trinajstić information content (AvgIpc) is 2.71. The van der Waals surface area contributed by atoms with Crippen molar-refractivity contribution in [2.45, 2.75) is 13.5 Å². The van der Waals surface area contributed by atoms with Gasteiger partial charge in [0.15, 0.2) is 0 Å². The van der Waals surface area contributed by atoms with Crippen molar-refractivity contribution >= 4 is 17.2 Å². The van der Waals surface area contributed by atoms with Crippen molar-refractivity contribution in [1.82, 2.24) is 14.8 Å². The van der Waals surface area contributed by atoms with Gasteiger partial charge in [-0.15, -0.1) is 11.3 Å². The Balaban J connectivity index is 2.11. The molecule has 1 aliphatic rings. The number of likely N-dealkylation sites (N-methyl/N-ethyl adjacent to an activating group) is 1. The number of carbonyl (C=O) groups excluding carboxylic acids is 1. The van der Waals surface area contributed by atoms with Gasteiger partial charge in [0.1, 0.15) is 9.88 Å². The third kappa shape index (κ3) is 2.65. The van der Waals surface area contributed by atoms with Gasteiger partial charge in [-0.05, 0) is 14.0 Å². The first-order valence-corrected chi connectivity index (χ1v) is 6.57. The standard InChI is InChI=1S/C11H18N4OS/c1-8-10(17-9(7-12)13-8)11(16)15-5-3-14(2)4-6-15/h3-7,12H2,1-2H3. The van der Waals surface area contributed by atoms with Crippen molar-refractivity contribution in [3.05, 3.63) is 15.6 Å². The van der Waals surface area contributed by atoms with Crippen molar-refractivity contribution in [2.75, 3.05) is 33.2 Å². The fraction of sp³-hybridized carbons (Fsp3) is 0.636. The van der Waals surface area contributed by atoms with E-state index < -0.39 is 0 Å². The number of nitrogens with zero attached hydrogens (tertiary/aromatic N) is 3. The minimum absolute atomic E-state index is 0.104. The minimum Gasteiger partial charge on any atom is -0.335 e. The lowest BCUT2D eigenvalue weighted by molar-refractivity contribution is 0.0668. The van der Waals surface area contributed by atoms with Crippen LogP contribution < -0.4 is 5.73 Å². The second kappa shape index (κ2) is 5.12. The Hall–Kier alpha value is -0.980. The number of nitrogens with two attached hydrogens (primary N) is 1. The predicted octanol–water partition coefficient (Wildman–Crippen LogP) is 0.298. The van der Waals surface area contributed by atoms with Crippen LogP contribution in [0.5, 0.6) is 0 Å². The molecule has 1 fully saturated rings. The maximum absolute atomic E-state index is 12.3. The SMILES string of the molecule is Cc1nc(CN)sc1C(=O)N1CCN(C)CC1. The molecule has 1 saturated heterocycles. The zero-order chi connectivity index (χ0) is 12.4. The molecule has 1 aromatic heterocycles. The minimum atomic E-state index is 0.104. The molecule has 0 radical (unpaired) electrons. The third-order valence-electron chi connectivity index (χ3n) is 3.00. The van der Waals surface area contributed by atoms with Gasteiger partial charge < -0.3 is 15.5 Å². The molecular formula is C11H18N4OS. The summed E-state index contributed by atoms with van der Waals surface area (Å²) in [5.74, 6) is 0.104. The van der Waals surface area contributed by atoms with Crippen LogP contribution in [0.4, 0.5) is 0 Å². The smallest absolute Gasteiger partial charge is 0.265 e. The molecule has 2 rings (SSSR count). The molecule has 0 spiro atoms. The van der Waals surface area contributed by atoms with Gasteiger partial charge in [0.2, 0.25) is 0 Å². The molecule has 94 valence electrons. The monoisotopic (exact) mass is 254 g/mol. The zero-order valence-corrected chi connectivity index (χ0v) is 11.1. The number of hydrogen-bond acceptors (Lipinski definition) is 5. The van der Waals surface area contributed by atoms with Gasteiger partial charge in [-0.2, -0.15) is 0 Å². The summed E-state index contributed by atoms with van der Waals surface area (Å²) in [6.07, 6.45) is 0. The van der Waals surface area contributed by atoms with E-state index in [9.17, 15) is 4.79 Å². The first-order valence-electron chi connectivity index (χ1n) is 5.76. The predicted molar refractivity (Wildman–Crippen MR) is 68.1 cm³/mol. The maximum Gasteiger partial charge on any atom is 0.265 e. The summed E-state index contributed by atoms with van der Waals surface area (Å²) in [5, 5.41) is 0.833. The van der Waals surface area contributed by atoms with E-state index in [0.717, 1.165) is 41.8 Å². The van der Waals surface area contributed by atoms with Gasteiger partial charge in [-0.1, -0.05) is 0 Å². The Morgan fingerprint density at radius 1 is 1.41 bits per heavy atom. The summed E-state index contributed by atoms with van der Waals surface area (Å²) in [5.41, 5.74) is 6.35. The number of thiazole rings is 1. The molecule has 0 aromatic carbocycles. The van der Waals surface area contributed by atoms with E-state index >= 15 is 0 Å². The average molecular weight is 254 g/mol.